The van der Waals surface area contributed by atoms with Crippen LogP contribution in [0.15, 0.2) is 0 Å². The van der Waals surface area contributed by atoms with E-state index in [1.54, 1.807) is 0 Å². The largest absolute Gasteiger partial charge is 0.480 e. The molecule has 1 unspecified atom stereocenters. The molecule has 100 valence electrons. The molecule has 1 heterocycles. The third-order valence-corrected chi connectivity index (χ3v) is 3.92. The number of nitrogens with zero attached hydrogens (tertiary/aromatic N) is 1. The Morgan fingerprint density at radius 1 is 1.41 bits per heavy atom. The van der Waals surface area contributed by atoms with Crippen LogP contribution in [0.2, 0.25) is 0 Å². The van der Waals surface area contributed by atoms with E-state index >= 15 is 0 Å². The summed E-state index contributed by atoms with van der Waals surface area (Å²) in [5, 5.41) is 9.19. The molecule has 0 spiro atoms. The highest BCUT2D eigenvalue weighted by Gasteiger charge is 2.33. The molecule has 0 aromatic heterocycles. The summed E-state index contributed by atoms with van der Waals surface area (Å²) in [6, 6.07) is -0.388. The Morgan fingerprint density at radius 3 is 2.29 bits per heavy atom. The van der Waals surface area contributed by atoms with E-state index in [2.05, 4.69) is 25.7 Å². The summed E-state index contributed by atoms with van der Waals surface area (Å²) in [5.74, 6) is -0.0317. The first kappa shape index (κ1) is 14.5. The Morgan fingerprint density at radius 2 is 1.94 bits per heavy atom. The van der Waals surface area contributed by atoms with Crippen LogP contribution in [0, 0.1) is 11.3 Å². The second kappa shape index (κ2) is 5.83. The number of nitrogens with two attached hydrogens (primary N) is 1. The molecule has 1 aliphatic rings. The zero-order valence-electron chi connectivity index (χ0n) is 11.3. The van der Waals surface area contributed by atoms with Gasteiger partial charge in [-0.3, -0.25) is 9.69 Å². The van der Waals surface area contributed by atoms with Crippen molar-refractivity contribution in [2.75, 3.05) is 19.6 Å². The van der Waals surface area contributed by atoms with Crippen LogP contribution in [-0.2, 0) is 4.79 Å². The second-order valence-electron chi connectivity index (χ2n) is 6.11. The molecule has 1 atom stereocenters. The van der Waals surface area contributed by atoms with Gasteiger partial charge in [0.15, 0.2) is 0 Å². The van der Waals surface area contributed by atoms with Crippen molar-refractivity contribution in [2.45, 2.75) is 46.1 Å². The van der Waals surface area contributed by atoms with Crippen molar-refractivity contribution < 1.29 is 9.90 Å². The highest BCUT2D eigenvalue weighted by atomic mass is 16.4. The lowest BCUT2D eigenvalue weighted by Gasteiger charge is -2.40. The lowest BCUT2D eigenvalue weighted by atomic mass is 9.75. The van der Waals surface area contributed by atoms with Crippen LogP contribution in [0.25, 0.3) is 0 Å². The molecule has 1 aliphatic heterocycles. The molecular weight excluding hydrogens is 216 g/mol. The van der Waals surface area contributed by atoms with Gasteiger partial charge in [0.2, 0.25) is 0 Å². The standard InChI is InChI=1S/C13H26N2O2/c1-13(2,3)10-5-8-15(9-6-10)11(4-7-14)12(16)17/h10-11H,4-9,14H2,1-3H3,(H,16,17). The number of carboxylic acid groups (broad SMARTS) is 1. The van der Waals surface area contributed by atoms with Gasteiger partial charge in [0, 0.05) is 0 Å². The minimum atomic E-state index is -0.732. The van der Waals surface area contributed by atoms with Crippen molar-refractivity contribution in [3.8, 4) is 0 Å². The number of rotatable bonds is 4. The average molecular weight is 242 g/mol. The molecule has 0 bridgehead atoms. The number of likely N-dealkylation sites (tertiary alicyclic amines) is 1. The van der Waals surface area contributed by atoms with Crippen LogP contribution in [0.5, 0.6) is 0 Å². The second-order valence-corrected chi connectivity index (χ2v) is 6.11. The third-order valence-electron chi connectivity index (χ3n) is 3.92. The van der Waals surface area contributed by atoms with Crippen LogP contribution in [-0.4, -0.2) is 41.7 Å². The predicted octanol–water partition coefficient (Wildman–Crippen LogP) is 1.55. The fraction of sp³-hybridized carbons (Fsp3) is 0.923. The molecule has 4 nitrogen and oxygen atoms in total. The number of aliphatic carboxylic acids is 1. The minimum absolute atomic E-state index is 0.332. The number of piperidine rings is 1. The monoisotopic (exact) mass is 242 g/mol. The van der Waals surface area contributed by atoms with Gasteiger partial charge in [0.05, 0.1) is 0 Å². The number of hydrogen-bond acceptors (Lipinski definition) is 3. The highest BCUT2D eigenvalue weighted by Crippen LogP contribution is 2.34. The van der Waals surface area contributed by atoms with E-state index in [-0.39, 0.29) is 6.04 Å². The van der Waals surface area contributed by atoms with E-state index in [4.69, 9.17) is 5.73 Å². The molecule has 0 aliphatic carbocycles. The van der Waals surface area contributed by atoms with E-state index in [1.165, 1.54) is 0 Å². The SMILES string of the molecule is CC(C)(C)C1CCN(C(CCN)C(=O)O)CC1. The summed E-state index contributed by atoms with van der Waals surface area (Å²) >= 11 is 0. The molecule has 1 saturated heterocycles. The Balaban J connectivity index is 2.52. The van der Waals surface area contributed by atoms with Crippen molar-refractivity contribution in [1.29, 1.82) is 0 Å². The van der Waals surface area contributed by atoms with Gasteiger partial charge in [-0.25, -0.2) is 0 Å². The Hall–Kier alpha value is -0.610. The first-order valence-corrected chi connectivity index (χ1v) is 6.53. The first-order valence-electron chi connectivity index (χ1n) is 6.53. The molecule has 0 amide bonds. The Labute approximate surface area is 104 Å². The number of carboxylic acids is 1. The van der Waals surface area contributed by atoms with Gasteiger partial charge in [0.25, 0.3) is 0 Å². The molecule has 4 heteroatoms. The van der Waals surface area contributed by atoms with Gasteiger partial charge < -0.3 is 10.8 Å². The van der Waals surface area contributed by atoms with Gasteiger partial charge in [-0.05, 0) is 50.2 Å². The maximum atomic E-state index is 11.2. The molecule has 17 heavy (non-hydrogen) atoms. The summed E-state index contributed by atoms with van der Waals surface area (Å²) in [4.78, 5) is 13.3. The zero-order valence-corrected chi connectivity index (χ0v) is 11.3. The molecule has 0 aromatic carbocycles. The molecule has 1 fully saturated rings. The summed E-state index contributed by atoms with van der Waals surface area (Å²) in [6.07, 6.45) is 2.74. The fourth-order valence-corrected chi connectivity index (χ4v) is 2.70. The summed E-state index contributed by atoms with van der Waals surface area (Å²) < 4.78 is 0. The molecule has 0 saturated carbocycles. The molecular formula is C13H26N2O2. The van der Waals surface area contributed by atoms with Crippen LogP contribution < -0.4 is 5.73 Å². The Kier molecular flexibility index (Phi) is 4.95. The van der Waals surface area contributed by atoms with E-state index in [9.17, 15) is 9.90 Å². The number of carbonyl (C=O) groups is 1. The molecule has 1 rings (SSSR count). The van der Waals surface area contributed by atoms with Gasteiger partial charge in [-0.15, -0.1) is 0 Å². The highest BCUT2D eigenvalue weighted by molar-refractivity contribution is 5.73. The smallest absolute Gasteiger partial charge is 0.320 e. The van der Waals surface area contributed by atoms with E-state index < -0.39 is 5.97 Å². The van der Waals surface area contributed by atoms with Gasteiger partial charge >= 0.3 is 5.97 Å². The topological polar surface area (TPSA) is 66.6 Å². The maximum absolute atomic E-state index is 11.2. The minimum Gasteiger partial charge on any atom is -0.480 e. The van der Waals surface area contributed by atoms with E-state index in [0.29, 0.717) is 24.3 Å². The van der Waals surface area contributed by atoms with Crippen molar-refractivity contribution in [2.24, 2.45) is 17.1 Å². The van der Waals surface area contributed by atoms with E-state index in [0.717, 1.165) is 25.9 Å². The normalized spacial score (nSPS) is 21.4. The zero-order chi connectivity index (χ0) is 13.1. The first-order chi connectivity index (χ1) is 7.86. The van der Waals surface area contributed by atoms with E-state index in [1.807, 2.05) is 0 Å². The molecule has 0 aromatic rings. The van der Waals surface area contributed by atoms with Crippen molar-refractivity contribution in [1.82, 2.24) is 4.90 Å². The van der Waals surface area contributed by atoms with Crippen molar-refractivity contribution in [3.63, 3.8) is 0 Å². The van der Waals surface area contributed by atoms with Gasteiger partial charge in [-0.2, -0.15) is 0 Å². The van der Waals surface area contributed by atoms with Gasteiger partial charge in [-0.1, -0.05) is 20.8 Å². The lowest BCUT2D eigenvalue weighted by Crippen LogP contribution is -2.47. The predicted molar refractivity (Wildman–Crippen MR) is 68.8 cm³/mol. The van der Waals surface area contributed by atoms with Crippen LogP contribution in [0.4, 0.5) is 0 Å². The van der Waals surface area contributed by atoms with Crippen molar-refractivity contribution in [3.05, 3.63) is 0 Å². The Bertz CT molecular complexity index is 253. The lowest BCUT2D eigenvalue weighted by molar-refractivity contribution is -0.144. The molecule has 3 N–H and O–H groups in total. The third kappa shape index (κ3) is 3.96. The van der Waals surface area contributed by atoms with Crippen LogP contribution in [0.3, 0.4) is 0 Å². The van der Waals surface area contributed by atoms with Crippen molar-refractivity contribution >= 4 is 5.97 Å². The maximum Gasteiger partial charge on any atom is 0.320 e. The average Bonchev–Trinajstić information content (AvgIpc) is 2.24. The summed E-state index contributed by atoms with van der Waals surface area (Å²) in [5.41, 5.74) is 5.81. The van der Waals surface area contributed by atoms with Crippen LogP contribution >= 0.6 is 0 Å². The number of hydrogen-bond donors (Lipinski definition) is 2. The summed E-state index contributed by atoms with van der Waals surface area (Å²) in [6.45, 7) is 9.01. The van der Waals surface area contributed by atoms with Gasteiger partial charge in [0.1, 0.15) is 6.04 Å². The quantitative estimate of drug-likeness (QED) is 0.785. The summed E-state index contributed by atoms with van der Waals surface area (Å²) in [7, 11) is 0. The van der Waals surface area contributed by atoms with Crippen LogP contribution in [0.1, 0.15) is 40.0 Å². The fourth-order valence-electron chi connectivity index (χ4n) is 2.70. The molecule has 0 radical (unpaired) electrons.